The number of carbonyl (C=O) groups excluding carboxylic acids is 2. The third kappa shape index (κ3) is 5.21. The Morgan fingerprint density at radius 1 is 1.16 bits per heavy atom. The molecule has 0 unspecified atom stereocenters. The second-order valence-electron chi connectivity index (χ2n) is 6.33. The van der Waals surface area contributed by atoms with Crippen LogP contribution in [0.15, 0.2) is 0 Å². The lowest BCUT2D eigenvalue weighted by molar-refractivity contribution is -0.146. The minimum atomic E-state index is -0.277. The highest BCUT2D eigenvalue weighted by Gasteiger charge is 2.30. The number of ether oxygens (including phenoxy) is 1. The minimum absolute atomic E-state index is 0.0837. The quantitative estimate of drug-likeness (QED) is 0.737. The molecule has 0 saturated carbocycles. The van der Waals surface area contributed by atoms with E-state index >= 15 is 0 Å². The van der Waals surface area contributed by atoms with Crippen LogP contribution in [0.25, 0.3) is 0 Å². The van der Waals surface area contributed by atoms with Gasteiger partial charge in [0.2, 0.25) is 5.91 Å². The molecule has 1 rings (SSSR count). The Balaban J connectivity index is 2.31. The summed E-state index contributed by atoms with van der Waals surface area (Å²) in [6.07, 6.45) is 2.61. The molecule has 0 aromatic rings. The van der Waals surface area contributed by atoms with Gasteiger partial charge in [0.1, 0.15) is 0 Å². The molecule has 0 radical (unpaired) electrons. The first-order valence-electron chi connectivity index (χ1n) is 7.28. The van der Waals surface area contributed by atoms with E-state index in [2.05, 4.69) is 20.8 Å². The summed E-state index contributed by atoms with van der Waals surface area (Å²) >= 11 is 0. The van der Waals surface area contributed by atoms with Crippen LogP contribution in [0.1, 0.15) is 53.4 Å². The van der Waals surface area contributed by atoms with E-state index in [1.165, 1.54) is 0 Å². The highest BCUT2D eigenvalue weighted by molar-refractivity contribution is 5.81. The number of esters is 1. The molecule has 4 nitrogen and oxygen atoms in total. The van der Waals surface area contributed by atoms with E-state index in [0.717, 1.165) is 25.9 Å². The van der Waals surface area contributed by atoms with Crippen LogP contribution in [0.5, 0.6) is 0 Å². The second-order valence-corrected chi connectivity index (χ2v) is 6.33. The normalized spacial score (nSPS) is 17.4. The van der Waals surface area contributed by atoms with E-state index in [1.54, 1.807) is 6.92 Å². The molecular formula is C15H27NO3. The van der Waals surface area contributed by atoms with Crippen molar-refractivity contribution >= 4 is 11.9 Å². The lowest BCUT2D eigenvalue weighted by Crippen LogP contribution is -2.41. The zero-order valence-corrected chi connectivity index (χ0v) is 12.7. The predicted octanol–water partition coefficient (Wildman–Crippen LogP) is 2.61. The first kappa shape index (κ1) is 16.0. The van der Waals surface area contributed by atoms with E-state index in [0.29, 0.717) is 17.9 Å². The van der Waals surface area contributed by atoms with Crippen molar-refractivity contribution in [3.8, 4) is 0 Å². The molecule has 1 aliphatic heterocycles. The second kappa shape index (κ2) is 6.92. The molecule has 4 heteroatoms. The first-order chi connectivity index (χ1) is 8.84. The van der Waals surface area contributed by atoms with Gasteiger partial charge in [0.05, 0.1) is 13.0 Å². The number of amides is 1. The minimum Gasteiger partial charge on any atom is -0.466 e. The predicted molar refractivity (Wildman–Crippen MR) is 74.6 cm³/mol. The van der Waals surface area contributed by atoms with Gasteiger partial charge < -0.3 is 9.64 Å². The van der Waals surface area contributed by atoms with Gasteiger partial charge in [-0.15, -0.1) is 0 Å². The first-order valence-corrected chi connectivity index (χ1v) is 7.28. The van der Waals surface area contributed by atoms with Gasteiger partial charge in [-0.3, -0.25) is 9.59 Å². The van der Waals surface area contributed by atoms with E-state index in [-0.39, 0.29) is 24.7 Å². The molecule has 110 valence electrons. The maximum absolute atomic E-state index is 12.0. The van der Waals surface area contributed by atoms with Crippen molar-refractivity contribution in [2.24, 2.45) is 11.3 Å². The summed E-state index contributed by atoms with van der Waals surface area (Å²) in [7, 11) is 0. The van der Waals surface area contributed by atoms with Crippen LogP contribution in [0.2, 0.25) is 0 Å². The number of hydrogen-bond donors (Lipinski definition) is 0. The average molecular weight is 269 g/mol. The number of piperidine rings is 1. The molecule has 1 amide bonds. The molecule has 0 aliphatic carbocycles. The Morgan fingerprint density at radius 3 is 2.21 bits per heavy atom. The van der Waals surface area contributed by atoms with Crippen LogP contribution in [0.4, 0.5) is 0 Å². The largest absolute Gasteiger partial charge is 0.466 e. The van der Waals surface area contributed by atoms with Gasteiger partial charge in [-0.25, -0.2) is 0 Å². The van der Waals surface area contributed by atoms with Crippen molar-refractivity contribution in [1.29, 1.82) is 0 Å². The summed E-state index contributed by atoms with van der Waals surface area (Å²) in [4.78, 5) is 25.1. The topological polar surface area (TPSA) is 46.6 Å². The maximum atomic E-state index is 12.0. The molecule has 0 atom stereocenters. The molecule has 0 spiro atoms. The summed E-state index contributed by atoms with van der Waals surface area (Å²) in [5.74, 6) is 0.488. The molecule has 0 bridgehead atoms. The van der Waals surface area contributed by atoms with E-state index in [1.807, 2.05) is 4.90 Å². The van der Waals surface area contributed by atoms with Crippen LogP contribution in [-0.2, 0) is 14.3 Å². The van der Waals surface area contributed by atoms with Gasteiger partial charge in [0.25, 0.3) is 0 Å². The van der Waals surface area contributed by atoms with E-state index < -0.39 is 0 Å². The summed E-state index contributed by atoms with van der Waals surface area (Å²) in [5.41, 5.74) is 0.320. The van der Waals surface area contributed by atoms with Crippen molar-refractivity contribution in [3.05, 3.63) is 0 Å². The Bertz CT molecular complexity index is 312. The fourth-order valence-electron chi connectivity index (χ4n) is 2.60. The Morgan fingerprint density at radius 2 is 1.74 bits per heavy atom. The van der Waals surface area contributed by atoms with Crippen molar-refractivity contribution in [1.82, 2.24) is 4.90 Å². The highest BCUT2D eigenvalue weighted by atomic mass is 16.5. The zero-order valence-electron chi connectivity index (χ0n) is 12.7. The number of hydrogen-bond acceptors (Lipinski definition) is 3. The molecular weight excluding hydrogens is 242 g/mol. The van der Waals surface area contributed by atoms with Gasteiger partial charge in [0.15, 0.2) is 0 Å². The van der Waals surface area contributed by atoms with Crippen molar-refractivity contribution < 1.29 is 14.3 Å². The van der Waals surface area contributed by atoms with Gasteiger partial charge in [-0.05, 0) is 31.1 Å². The third-order valence-electron chi connectivity index (χ3n) is 3.92. The molecule has 1 aliphatic rings. The summed E-state index contributed by atoms with van der Waals surface area (Å²) in [6, 6.07) is 0. The number of nitrogens with zero attached hydrogens (tertiary/aromatic N) is 1. The molecule has 0 aromatic carbocycles. The van der Waals surface area contributed by atoms with Crippen molar-refractivity contribution in [3.63, 3.8) is 0 Å². The van der Waals surface area contributed by atoms with Crippen molar-refractivity contribution in [2.75, 3.05) is 19.7 Å². The lowest BCUT2D eigenvalue weighted by Gasteiger charge is -2.38. The monoisotopic (exact) mass is 269 g/mol. The van der Waals surface area contributed by atoms with Crippen LogP contribution < -0.4 is 0 Å². The van der Waals surface area contributed by atoms with Crippen LogP contribution in [-0.4, -0.2) is 36.5 Å². The lowest BCUT2D eigenvalue weighted by atomic mass is 9.75. The smallest absolute Gasteiger partial charge is 0.306 e. The SMILES string of the molecule is CCOC(=O)CCC(=O)N1CCC(C(C)(C)C)CC1. The fourth-order valence-corrected chi connectivity index (χ4v) is 2.60. The highest BCUT2D eigenvalue weighted by Crippen LogP contribution is 2.34. The summed E-state index contributed by atoms with van der Waals surface area (Å²) < 4.78 is 4.83. The average Bonchev–Trinajstić information content (AvgIpc) is 2.35. The Hall–Kier alpha value is -1.06. The van der Waals surface area contributed by atoms with E-state index in [4.69, 9.17) is 4.74 Å². The van der Waals surface area contributed by atoms with Gasteiger partial charge >= 0.3 is 5.97 Å². The maximum Gasteiger partial charge on any atom is 0.306 e. The third-order valence-corrected chi connectivity index (χ3v) is 3.92. The molecule has 1 heterocycles. The van der Waals surface area contributed by atoms with Crippen LogP contribution in [0, 0.1) is 11.3 Å². The molecule has 1 fully saturated rings. The zero-order chi connectivity index (χ0) is 14.5. The standard InChI is InChI=1S/C15H27NO3/c1-5-19-14(18)7-6-13(17)16-10-8-12(9-11-16)15(2,3)4/h12H,5-11H2,1-4H3. The van der Waals surface area contributed by atoms with Gasteiger partial charge in [-0.2, -0.15) is 0 Å². The molecule has 0 N–H and O–H groups in total. The molecule has 0 aromatic heterocycles. The van der Waals surface area contributed by atoms with Gasteiger partial charge in [-0.1, -0.05) is 20.8 Å². The summed E-state index contributed by atoms with van der Waals surface area (Å²) in [5, 5.41) is 0. The van der Waals surface area contributed by atoms with Gasteiger partial charge in [0, 0.05) is 19.5 Å². The molecule has 1 saturated heterocycles. The number of carbonyl (C=O) groups is 2. The Labute approximate surface area is 116 Å². The van der Waals surface area contributed by atoms with Crippen LogP contribution in [0.3, 0.4) is 0 Å². The Kier molecular flexibility index (Phi) is 5.83. The number of rotatable bonds is 4. The number of likely N-dealkylation sites (tertiary alicyclic amines) is 1. The fraction of sp³-hybridized carbons (Fsp3) is 0.867. The van der Waals surface area contributed by atoms with E-state index in [9.17, 15) is 9.59 Å². The van der Waals surface area contributed by atoms with Crippen molar-refractivity contribution in [2.45, 2.75) is 53.4 Å². The summed E-state index contributed by atoms with van der Waals surface area (Å²) in [6.45, 7) is 10.6. The molecule has 19 heavy (non-hydrogen) atoms. The van der Waals surface area contributed by atoms with Crippen LogP contribution >= 0.6 is 0 Å².